The van der Waals surface area contributed by atoms with Crippen LogP contribution < -0.4 is 5.32 Å². The van der Waals surface area contributed by atoms with Gasteiger partial charge in [-0.25, -0.2) is 0 Å². The van der Waals surface area contributed by atoms with Gasteiger partial charge in [-0.1, -0.05) is 6.92 Å². The Morgan fingerprint density at radius 1 is 1.39 bits per heavy atom. The van der Waals surface area contributed by atoms with E-state index in [2.05, 4.69) is 28.4 Å². The predicted octanol–water partition coefficient (Wildman–Crippen LogP) is 1.43. The zero-order valence-electron chi connectivity index (χ0n) is 11.7. The molecular weight excluding hydrogens is 224 g/mol. The van der Waals surface area contributed by atoms with Crippen molar-refractivity contribution in [1.29, 1.82) is 0 Å². The molecule has 2 heterocycles. The van der Waals surface area contributed by atoms with Gasteiger partial charge in [0.1, 0.15) is 0 Å². The van der Waals surface area contributed by atoms with E-state index < -0.39 is 0 Å². The fourth-order valence-corrected chi connectivity index (χ4v) is 2.60. The number of nitrogens with one attached hydrogen (secondary N) is 1. The largest absolute Gasteiger partial charge is 0.314 e. The van der Waals surface area contributed by atoms with E-state index in [1.807, 2.05) is 17.9 Å². The van der Waals surface area contributed by atoms with Gasteiger partial charge < -0.3 is 10.2 Å². The maximum atomic E-state index is 4.21. The molecule has 0 bridgehead atoms. The minimum atomic E-state index is 0.750. The normalized spacial score (nSPS) is 18.3. The maximum absolute atomic E-state index is 4.21. The van der Waals surface area contributed by atoms with Gasteiger partial charge in [0.05, 0.1) is 6.20 Å². The standard InChI is InChI=1S/C14H26N4/c1-3-7-15-14-5-9-18(10-6-14)8-4-13-11-16-17(2)12-13/h11-12,14-15H,3-10H2,1-2H3. The highest BCUT2D eigenvalue weighted by molar-refractivity contribution is 5.04. The first-order chi connectivity index (χ1) is 8.78. The van der Waals surface area contributed by atoms with Crippen LogP contribution in [0.1, 0.15) is 31.7 Å². The molecule has 1 aliphatic heterocycles. The molecule has 0 aliphatic carbocycles. The van der Waals surface area contributed by atoms with Gasteiger partial charge in [-0.3, -0.25) is 4.68 Å². The summed E-state index contributed by atoms with van der Waals surface area (Å²) >= 11 is 0. The van der Waals surface area contributed by atoms with Crippen molar-refractivity contribution in [2.24, 2.45) is 7.05 Å². The van der Waals surface area contributed by atoms with Crippen LogP contribution in [0.4, 0.5) is 0 Å². The second kappa shape index (κ2) is 6.90. The lowest BCUT2D eigenvalue weighted by molar-refractivity contribution is 0.200. The van der Waals surface area contributed by atoms with E-state index in [4.69, 9.17) is 0 Å². The summed E-state index contributed by atoms with van der Waals surface area (Å²) in [5, 5.41) is 7.84. The average molecular weight is 250 g/mol. The summed E-state index contributed by atoms with van der Waals surface area (Å²) in [6.07, 6.45) is 9.06. The first-order valence-corrected chi connectivity index (χ1v) is 7.21. The van der Waals surface area contributed by atoms with E-state index in [1.165, 1.54) is 51.0 Å². The molecule has 0 amide bonds. The molecule has 0 atom stereocenters. The number of piperidine rings is 1. The quantitative estimate of drug-likeness (QED) is 0.829. The molecule has 0 aromatic carbocycles. The third-order valence-electron chi connectivity index (χ3n) is 3.75. The van der Waals surface area contributed by atoms with Gasteiger partial charge in [-0.15, -0.1) is 0 Å². The van der Waals surface area contributed by atoms with Gasteiger partial charge in [0.2, 0.25) is 0 Å². The predicted molar refractivity (Wildman–Crippen MR) is 74.7 cm³/mol. The summed E-state index contributed by atoms with van der Waals surface area (Å²) in [5.41, 5.74) is 1.35. The van der Waals surface area contributed by atoms with E-state index >= 15 is 0 Å². The second-order valence-corrected chi connectivity index (χ2v) is 5.34. The second-order valence-electron chi connectivity index (χ2n) is 5.34. The number of hydrogen-bond donors (Lipinski definition) is 1. The molecule has 0 saturated carbocycles. The van der Waals surface area contributed by atoms with E-state index in [9.17, 15) is 0 Å². The summed E-state index contributed by atoms with van der Waals surface area (Å²) in [7, 11) is 1.98. The molecule has 4 heteroatoms. The van der Waals surface area contributed by atoms with Crippen LogP contribution in [-0.4, -0.2) is 46.9 Å². The Hall–Kier alpha value is -0.870. The van der Waals surface area contributed by atoms with Crippen molar-refractivity contribution in [3.63, 3.8) is 0 Å². The van der Waals surface area contributed by atoms with Gasteiger partial charge in [-0.2, -0.15) is 5.10 Å². The highest BCUT2D eigenvalue weighted by atomic mass is 15.2. The molecule has 4 nitrogen and oxygen atoms in total. The lowest BCUT2D eigenvalue weighted by Crippen LogP contribution is -2.43. The lowest BCUT2D eigenvalue weighted by atomic mass is 10.0. The minimum absolute atomic E-state index is 0.750. The number of hydrogen-bond acceptors (Lipinski definition) is 3. The number of rotatable bonds is 6. The molecule has 102 valence electrons. The van der Waals surface area contributed by atoms with Gasteiger partial charge in [0.15, 0.2) is 0 Å². The first-order valence-electron chi connectivity index (χ1n) is 7.21. The smallest absolute Gasteiger partial charge is 0.0522 e. The molecule has 0 spiro atoms. The third kappa shape index (κ3) is 4.10. The van der Waals surface area contributed by atoms with Crippen molar-refractivity contribution in [3.05, 3.63) is 18.0 Å². The Balaban J connectivity index is 1.64. The van der Waals surface area contributed by atoms with E-state index in [-0.39, 0.29) is 0 Å². The van der Waals surface area contributed by atoms with Crippen molar-refractivity contribution in [3.8, 4) is 0 Å². The van der Waals surface area contributed by atoms with Crippen molar-refractivity contribution in [1.82, 2.24) is 20.0 Å². The molecule has 18 heavy (non-hydrogen) atoms. The molecule has 1 saturated heterocycles. The Kier molecular flexibility index (Phi) is 5.20. The van der Waals surface area contributed by atoms with Gasteiger partial charge in [0.25, 0.3) is 0 Å². The van der Waals surface area contributed by atoms with E-state index in [0.29, 0.717) is 0 Å². The van der Waals surface area contributed by atoms with E-state index in [1.54, 1.807) is 0 Å². The Bertz CT molecular complexity index is 339. The monoisotopic (exact) mass is 250 g/mol. The molecule has 1 aromatic heterocycles. The summed E-state index contributed by atoms with van der Waals surface area (Å²) < 4.78 is 1.89. The van der Waals surface area contributed by atoms with Crippen LogP contribution in [0.2, 0.25) is 0 Å². The summed E-state index contributed by atoms with van der Waals surface area (Å²) in [4.78, 5) is 2.58. The van der Waals surface area contributed by atoms with Gasteiger partial charge in [-0.05, 0) is 50.9 Å². The highest BCUT2D eigenvalue weighted by Crippen LogP contribution is 2.11. The van der Waals surface area contributed by atoms with Crippen LogP contribution in [0.5, 0.6) is 0 Å². The molecule has 1 N–H and O–H groups in total. The van der Waals surface area contributed by atoms with Crippen molar-refractivity contribution in [2.45, 2.75) is 38.6 Å². The first kappa shape index (κ1) is 13.6. The van der Waals surface area contributed by atoms with Gasteiger partial charge >= 0.3 is 0 Å². The molecular formula is C14H26N4. The molecule has 2 rings (SSSR count). The molecule has 1 aromatic rings. The summed E-state index contributed by atoms with van der Waals surface area (Å²) in [6.45, 7) is 7.05. The van der Waals surface area contributed by atoms with Crippen molar-refractivity contribution >= 4 is 0 Å². The van der Waals surface area contributed by atoms with Crippen molar-refractivity contribution < 1.29 is 0 Å². The van der Waals surface area contributed by atoms with Crippen LogP contribution in [0, 0.1) is 0 Å². The SMILES string of the molecule is CCCNC1CCN(CCc2cnn(C)c2)CC1. The van der Waals surface area contributed by atoms with Crippen LogP contribution >= 0.6 is 0 Å². The summed E-state index contributed by atoms with van der Waals surface area (Å²) in [6, 6.07) is 0.750. The molecule has 1 aliphatic rings. The lowest BCUT2D eigenvalue weighted by Gasteiger charge is -2.32. The minimum Gasteiger partial charge on any atom is -0.314 e. The van der Waals surface area contributed by atoms with Crippen LogP contribution in [0.3, 0.4) is 0 Å². The van der Waals surface area contributed by atoms with Gasteiger partial charge in [0, 0.05) is 25.8 Å². The fourth-order valence-electron chi connectivity index (χ4n) is 2.60. The zero-order valence-corrected chi connectivity index (χ0v) is 11.7. The number of aryl methyl sites for hydroxylation is 1. The number of aromatic nitrogens is 2. The Labute approximate surface area is 110 Å². The zero-order chi connectivity index (χ0) is 12.8. The topological polar surface area (TPSA) is 33.1 Å². The Morgan fingerprint density at radius 2 is 2.17 bits per heavy atom. The number of likely N-dealkylation sites (tertiary alicyclic amines) is 1. The average Bonchev–Trinajstić information content (AvgIpc) is 2.81. The van der Waals surface area contributed by atoms with Crippen molar-refractivity contribution in [2.75, 3.05) is 26.2 Å². The molecule has 0 radical (unpaired) electrons. The Morgan fingerprint density at radius 3 is 2.78 bits per heavy atom. The molecule has 0 unspecified atom stereocenters. The highest BCUT2D eigenvalue weighted by Gasteiger charge is 2.17. The van der Waals surface area contributed by atoms with Crippen LogP contribution in [-0.2, 0) is 13.5 Å². The maximum Gasteiger partial charge on any atom is 0.0522 e. The number of nitrogens with zero attached hydrogens (tertiary/aromatic N) is 3. The van der Waals surface area contributed by atoms with Crippen LogP contribution in [0.25, 0.3) is 0 Å². The molecule has 1 fully saturated rings. The van der Waals surface area contributed by atoms with Crippen LogP contribution in [0.15, 0.2) is 12.4 Å². The fraction of sp³-hybridized carbons (Fsp3) is 0.786. The summed E-state index contributed by atoms with van der Waals surface area (Å²) in [5.74, 6) is 0. The van der Waals surface area contributed by atoms with E-state index in [0.717, 1.165) is 12.5 Å². The third-order valence-corrected chi connectivity index (χ3v) is 3.75.